The summed E-state index contributed by atoms with van der Waals surface area (Å²) in [6, 6.07) is 7.39. The molecule has 6 nitrogen and oxygen atoms in total. The molecule has 2 aromatic rings. The molecule has 2 heterocycles. The predicted octanol–water partition coefficient (Wildman–Crippen LogP) is 3.47. The minimum Gasteiger partial charge on any atom is -0.494 e. The van der Waals surface area contributed by atoms with E-state index in [4.69, 9.17) is 4.74 Å². The first-order valence-corrected chi connectivity index (χ1v) is 9.33. The van der Waals surface area contributed by atoms with Gasteiger partial charge in [-0.05, 0) is 37.1 Å². The summed E-state index contributed by atoms with van der Waals surface area (Å²) in [5.74, 6) is 0.498. The zero-order valence-electron chi connectivity index (χ0n) is 16.4. The second-order valence-corrected chi connectivity index (χ2v) is 8.04. The van der Waals surface area contributed by atoms with Crippen LogP contribution in [0.2, 0.25) is 0 Å². The molecule has 2 amide bonds. The van der Waals surface area contributed by atoms with Crippen LogP contribution in [-0.4, -0.2) is 41.9 Å². The summed E-state index contributed by atoms with van der Waals surface area (Å²) in [7, 11) is 1.60. The third-order valence-corrected chi connectivity index (χ3v) is 4.93. The second kappa shape index (κ2) is 7.55. The van der Waals surface area contributed by atoms with E-state index in [1.165, 1.54) is 0 Å². The monoisotopic (exact) mass is 369 g/mol. The number of carbonyl (C=O) groups excluding carboxylic acids is 2. The largest absolute Gasteiger partial charge is 0.494 e. The highest BCUT2D eigenvalue weighted by atomic mass is 16.5. The lowest BCUT2D eigenvalue weighted by atomic mass is 9.91. The topological polar surface area (TPSA) is 71.5 Å². The molecule has 1 saturated heterocycles. The molecule has 144 valence electrons. The lowest BCUT2D eigenvalue weighted by Crippen LogP contribution is -2.47. The van der Waals surface area contributed by atoms with Crippen molar-refractivity contribution in [3.8, 4) is 5.75 Å². The van der Waals surface area contributed by atoms with Crippen LogP contribution in [0.25, 0.3) is 10.9 Å². The molecule has 1 N–H and O–H groups in total. The molecule has 1 atom stereocenters. The van der Waals surface area contributed by atoms with Crippen LogP contribution in [0.3, 0.4) is 0 Å². The maximum Gasteiger partial charge on any atom is 0.229 e. The number of methoxy groups -OCH3 is 1. The fourth-order valence-corrected chi connectivity index (χ4v) is 3.51. The van der Waals surface area contributed by atoms with Gasteiger partial charge in [0.2, 0.25) is 11.8 Å². The fraction of sp³-hybridized carbons (Fsp3) is 0.476. The molecule has 27 heavy (non-hydrogen) atoms. The van der Waals surface area contributed by atoms with Gasteiger partial charge >= 0.3 is 0 Å². The third-order valence-electron chi connectivity index (χ3n) is 4.93. The van der Waals surface area contributed by atoms with Crippen molar-refractivity contribution in [1.29, 1.82) is 0 Å². The summed E-state index contributed by atoms with van der Waals surface area (Å²) in [5, 5.41) is 3.87. The number of hydrogen-bond donors (Lipinski definition) is 1. The molecule has 0 radical (unpaired) electrons. The molecular formula is C21H27N3O3. The van der Waals surface area contributed by atoms with Crippen molar-refractivity contribution in [3.05, 3.63) is 30.5 Å². The number of ether oxygens (including phenoxy) is 1. The third kappa shape index (κ3) is 4.04. The highest BCUT2D eigenvalue weighted by Crippen LogP contribution is 2.31. The molecule has 0 saturated carbocycles. The Balaban J connectivity index is 1.78. The van der Waals surface area contributed by atoms with Crippen molar-refractivity contribution in [2.45, 2.75) is 33.6 Å². The number of carbonyl (C=O) groups is 2. The van der Waals surface area contributed by atoms with E-state index in [9.17, 15) is 9.59 Å². The van der Waals surface area contributed by atoms with E-state index in [2.05, 4.69) is 10.3 Å². The Kier molecular flexibility index (Phi) is 5.35. The lowest BCUT2D eigenvalue weighted by molar-refractivity contribution is -0.142. The number of rotatable bonds is 3. The molecule has 1 aromatic heterocycles. The Hall–Kier alpha value is -2.63. The number of benzene rings is 1. The average Bonchev–Trinajstić information content (AvgIpc) is 2.67. The van der Waals surface area contributed by atoms with Gasteiger partial charge in [-0.1, -0.05) is 20.8 Å². The molecule has 0 bridgehead atoms. The van der Waals surface area contributed by atoms with Gasteiger partial charge in [0, 0.05) is 30.1 Å². The SMILES string of the molecule is COc1ccc(NC(=O)C2CCCN(C(=O)C(C)(C)C)C2)c2cccnc12. The van der Waals surface area contributed by atoms with Gasteiger partial charge < -0.3 is 15.0 Å². The summed E-state index contributed by atoms with van der Waals surface area (Å²) in [5.41, 5.74) is 0.991. The Morgan fingerprint density at radius 2 is 2.04 bits per heavy atom. The van der Waals surface area contributed by atoms with E-state index in [1.54, 1.807) is 19.4 Å². The highest BCUT2D eigenvalue weighted by molar-refractivity contribution is 6.03. The van der Waals surface area contributed by atoms with Crippen LogP contribution in [-0.2, 0) is 9.59 Å². The first-order chi connectivity index (χ1) is 12.8. The number of nitrogens with one attached hydrogen (secondary N) is 1. The zero-order valence-corrected chi connectivity index (χ0v) is 16.4. The van der Waals surface area contributed by atoms with Gasteiger partial charge in [-0.2, -0.15) is 0 Å². The Morgan fingerprint density at radius 1 is 1.26 bits per heavy atom. The van der Waals surface area contributed by atoms with Gasteiger partial charge in [0.05, 0.1) is 18.7 Å². The summed E-state index contributed by atoms with van der Waals surface area (Å²) in [4.78, 5) is 31.6. The van der Waals surface area contributed by atoms with E-state index in [0.29, 0.717) is 23.5 Å². The smallest absolute Gasteiger partial charge is 0.229 e. The summed E-state index contributed by atoms with van der Waals surface area (Å²) < 4.78 is 5.36. The van der Waals surface area contributed by atoms with Crippen LogP contribution in [0.15, 0.2) is 30.5 Å². The van der Waals surface area contributed by atoms with Gasteiger partial charge in [-0.15, -0.1) is 0 Å². The molecule has 3 rings (SSSR count). The van der Waals surface area contributed by atoms with Crippen molar-refractivity contribution < 1.29 is 14.3 Å². The van der Waals surface area contributed by atoms with E-state index in [-0.39, 0.29) is 17.7 Å². The number of amides is 2. The van der Waals surface area contributed by atoms with Crippen molar-refractivity contribution in [2.24, 2.45) is 11.3 Å². The van der Waals surface area contributed by atoms with E-state index >= 15 is 0 Å². The van der Waals surface area contributed by atoms with Gasteiger partial charge in [0.25, 0.3) is 0 Å². The van der Waals surface area contributed by atoms with Crippen LogP contribution < -0.4 is 10.1 Å². The van der Waals surface area contributed by atoms with Crippen molar-refractivity contribution in [3.63, 3.8) is 0 Å². The molecular weight excluding hydrogens is 342 g/mol. The quantitative estimate of drug-likeness (QED) is 0.899. The van der Waals surface area contributed by atoms with Crippen molar-refractivity contribution in [1.82, 2.24) is 9.88 Å². The van der Waals surface area contributed by atoms with Crippen LogP contribution in [0, 0.1) is 11.3 Å². The molecule has 6 heteroatoms. The normalized spacial score (nSPS) is 17.6. The minimum absolute atomic E-state index is 0.0586. The Morgan fingerprint density at radius 3 is 2.74 bits per heavy atom. The van der Waals surface area contributed by atoms with Crippen LogP contribution >= 0.6 is 0 Å². The summed E-state index contributed by atoms with van der Waals surface area (Å²) >= 11 is 0. The Labute approximate surface area is 159 Å². The molecule has 1 fully saturated rings. The van der Waals surface area contributed by atoms with E-state index < -0.39 is 5.41 Å². The number of piperidine rings is 1. The fourth-order valence-electron chi connectivity index (χ4n) is 3.51. The number of anilines is 1. The number of likely N-dealkylation sites (tertiary alicyclic amines) is 1. The zero-order chi connectivity index (χ0) is 19.6. The minimum atomic E-state index is -0.434. The highest BCUT2D eigenvalue weighted by Gasteiger charge is 2.33. The lowest BCUT2D eigenvalue weighted by Gasteiger charge is -2.35. The predicted molar refractivity (Wildman–Crippen MR) is 106 cm³/mol. The maximum atomic E-state index is 12.9. The molecule has 1 aromatic carbocycles. The molecule has 0 aliphatic carbocycles. The summed E-state index contributed by atoms with van der Waals surface area (Å²) in [6.45, 7) is 6.92. The first kappa shape index (κ1) is 19.1. The van der Waals surface area contributed by atoms with Gasteiger partial charge in [-0.3, -0.25) is 14.6 Å². The van der Waals surface area contributed by atoms with Gasteiger partial charge in [0.15, 0.2) is 0 Å². The number of pyridine rings is 1. The van der Waals surface area contributed by atoms with Gasteiger partial charge in [-0.25, -0.2) is 0 Å². The molecule has 1 unspecified atom stereocenters. The number of nitrogens with zero attached hydrogens (tertiary/aromatic N) is 2. The first-order valence-electron chi connectivity index (χ1n) is 9.33. The maximum absolute atomic E-state index is 12.9. The standard InChI is InChI=1S/C21H27N3O3/c1-21(2,3)20(26)24-12-6-7-14(13-24)19(25)23-16-9-10-17(27-4)18-15(16)8-5-11-22-18/h5,8-11,14H,6-7,12-13H2,1-4H3,(H,23,25). The van der Waals surface area contributed by atoms with Crippen molar-refractivity contribution >= 4 is 28.4 Å². The summed E-state index contributed by atoms with van der Waals surface area (Å²) in [6.07, 6.45) is 3.32. The molecule has 0 spiro atoms. The average molecular weight is 369 g/mol. The van der Waals surface area contributed by atoms with Crippen molar-refractivity contribution in [2.75, 3.05) is 25.5 Å². The number of hydrogen-bond acceptors (Lipinski definition) is 4. The van der Waals surface area contributed by atoms with E-state index in [0.717, 1.165) is 24.8 Å². The van der Waals surface area contributed by atoms with Crippen LogP contribution in [0.5, 0.6) is 5.75 Å². The second-order valence-electron chi connectivity index (χ2n) is 8.04. The Bertz CT molecular complexity index is 857. The molecule has 1 aliphatic heterocycles. The van der Waals surface area contributed by atoms with Crippen LogP contribution in [0.1, 0.15) is 33.6 Å². The van der Waals surface area contributed by atoms with Gasteiger partial charge in [0.1, 0.15) is 11.3 Å². The number of fused-ring (bicyclic) bond motifs is 1. The molecule has 1 aliphatic rings. The van der Waals surface area contributed by atoms with Crippen LogP contribution in [0.4, 0.5) is 5.69 Å². The van der Waals surface area contributed by atoms with E-state index in [1.807, 2.05) is 43.9 Å². The number of aromatic nitrogens is 1.